The Bertz CT molecular complexity index is 700. The summed E-state index contributed by atoms with van der Waals surface area (Å²) in [6.07, 6.45) is 1.76. The van der Waals surface area contributed by atoms with Crippen LogP contribution in [0.15, 0.2) is 36.5 Å². The summed E-state index contributed by atoms with van der Waals surface area (Å²) < 4.78 is 0. The number of aromatic nitrogens is 2. The molecule has 0 saturated carbocycles. The summed E-state index contributed by atoms with van der Waals surface area (Å²) in [7, 11) is 0. The van der Waals surface area contributed by atoms with Gasteiger partial charge in [-0.25, -0.2) is 4.98 Å². The second kappa shape index (κ2) is 4.88. The molecule has 0 aliphatic carbocycles. The zero-order valence-corrected chi connectivity index (χ0v) is 11.5. The molecule has 1 aromatic carbocycles. The van der Waals surface area contributed by atoms with Crippen LogP contribution in [-0.2, 0) is 20.4 Å². The smallest absolute Gasteiger partial charge is 0.148 e. The minimum atomic E-state index is 0. The van der Waals surface area contributed by atoms with Crippen molar-refractivity contribution in [2.75, 3.05) is 0 Å². The van der Waals surface area contributed by atoms with Crippen molar-refractivity contribution in [1.29, 1.82) is 0 Å². The summed E-state index contributed by atoms with van der Waals surface area (Å²) >= 11 is 11.9. The molecule has 3 rings (SSSR count). The Hall–Kier alpha value is -0.718. The van der Waals surface area contributed by atoms with Gasteiger partial charge in [0.05, 0.1) is 16.1 Å². The molecule has 0 saturated heterocycles. The van der Waals surface area contributed by atoms with Gasteiger partial charge in [-0.2, -0.15) is 0 Å². The molecule has 0 N–H and O–H groups in total. The van der Waals surface area contributed by atoms with E-state index >= 15 is 0 Å². The molecular weight excluding hydrogens is 349 g/mol. The van der Waals surface area contributed by atoms with E-state index in [0.717, 1.165) is 21.8 Å². The van der Waals surface area contributed by atoms with Crippen molar-refractivity contribution >= 4 is 45.0 Å². The fourth-order valence-corrected chi connectivity index (χ4v) is 2.04. The first kappa shape index (κ1) is 12.7. The van der Waals surface area contributed by atoms with Crippen LogP contribution in [0.3, 0.4) is 0 Å². The Labute approximate surface area is 122 Å². The van der Waals surface area contributed by atoms with Gasteiger partial charge in [0, 0.05) is 37.4 Å². The monoisotopic (exact) mass is 354 g/mol. The van der Waals surface area contributed by atoms with Gasteiger partial charge in [-0.15, -0.1) is 0 Å². The maximum Gasteiger partial charge on any atom is 0.148 e. The number of fused-ring (bicyclic) bond motifs is 3. The molecule has 0 amide bonds. The molecule has 3 aromatic rings. The topological polar surface area (TPSA) is 25.8 Å². The first-order chi connectivity index (χ1) is 7.75. The van der Waals surface area contributed by atoms with Gasteiger partial charge < -0.3 is 0 Å². The Balaban J connectivity index is 0.00000108. The largest absolute Gasteiger partial charge is 0.256 e. The van der Waals surface area contributed by atoms with Crippen molar-refractivity contribution < 1.29 is 20.4 Å². The van der Waals surface area contributed by atoms with Crippen LogP contribution >= 0.6 is 23.2 Å². The van der Waals surface area contributed by atoms with Crippen molar-refractivity contribution in [3.05, 3.63) is 46.7 Å². The number of hydrogen-bond donors (Lipinski definition) is 0. The van der Waals surface area contributed by atoms with E-state index in [1.807, 2.05) is 30.3 Å². The second-order valence-corrected chi connectivity index (χ2v) is 4.23. The van der Waals surface area contributed by atoms with E-state index in [1.165, 1.54) is 0 Å². The summed E-state index contributed by atoms with van der Waals surface area (Å²) in [5.74, 6) is 0. The Morgan fingerprint density at radius 3 is 2.71 bits per heavy atom. The molecule has 0 atom stereocenters. The summed E-state index contributed by atoms with van der Waals surface area (Å²) in [4.78, 5) is 8.56. The average molecular weight is 356 g/mol. The standard InChI is InChI=1S/C12H6Cl2N2.Pd/c13-9-6-7-3-4-10-8(2-1-5-15-10)11(7)16-12(9)14;/h1-6H;. The van der Waals surface area contributed by atoms with Crippen molar-refractivity contribution in [1.82, 2.24) is 9.97 Å². The van der Waals surface area contributed by atoms with Crippen LogP contribution in [0.2, 0.25) is 10.2 Å². The predicted octanol–water partition coefficient (Wildman–Crippen LogP) is 4.09. The average Bonchev–Trinajstić information content (AvgIpc) is 2.31. The predicted molar refractivity (Wildman–Crippen MR) is 67.1 cm³/mol. The maximum absolute atomic E-state index is 5.93. The molecule has 0 bridgehead atoms. The number of nitrogens with zero attached hydrogens (tertiary/aromatic N) is 2. The summed E-state index contributed by atoms with van der Waals surface area (Å²) in [5, 5.41) is 2.75. The molecule has 0 unspecified atom stereocenters. The van der Waals surface area contributed by atoms with Crippen LogP contribution in [0.1, 0.15) is 0 Å². The van der Waals surface area contributed by atoms with E-state index in [1.54, 1.807) is 6.20 Å². The van der Waals surface area contributed by atoms with E-state index in [2.05, 4.69) is 9.97 Å². The Morgan fingerprint density at radius 1 is 1.06 bits per heavy atom. The molecule has 2 heterocycles. The van der Waals surface area contributed by atoms with Crippen molar-refractivity contribution in [3.8, 4) is 0 Å². The molecular formula is C12H6Cl2N2Pd. The molecule has 2 aromatic heterocycles. The van der Waals surface area contributed by atoms with Gasteiger partial charge in [0.2, 0.25) is 0 Å². The molecule has 0 fully saturated rings. The fourth-order valence-electron chi connectivity index (χ4n) is 1.74. The maximum atomic E-state index is 5.93. The molecule has 0 aliphatic rings. The Kier molecular flexibility index (Phi) is 3.65. The van der Waals surface area contributed by atoms with E-state index in [4.69, 9.17) is 23.2 Å². The van der Waals surface area contributed by atoms with Crippen LogP contribution in [0, 0.1) is 0 Å². The first-order valence-electron chi connectivity index (χ1n) is 4.75. The molecule has 5 heteroatoms. The van der Waals surface area contributed by atoms with Crippen LogP contribution in [-0.4, -0.2) is 9.97 Å². The summed E-state index contributed by atoms with van der Waals surface area (Å²) in [5.41, 5.74) is 1.74. The molecule has 17 heavy (non-hydrogen) atoms. The quantitative estimate of drug-likeness (QED) is 0.345. The van der Waals surface area contributed by atoms with Gasteiger partial charge in [-0.3, -0.25) is 4.98 Å². The third kappa shape index (κ3) is 2.17. The number of halogens is 2. The minimum absolute atomic E-state index is 0. The number of benzene rings is 1. The van der Waals surface area contributed by atoms with E-state index in [9.17, 15) is 0 Å². The summed E-state index contributed by atoms with van der Waals surface area (Å²) in [6, 6.07) is 9.57. The van der Waals surface area contributed by atoms with Gasteiger partial charge in [0.25, 0.3) is 0 Å². The molecule has 0 radical (unpaired) electrons. The van der Waals surface area contributed by atoms with Crippen LogP contribution in [0.25, 0.3) is 21.8 Å². The molecule has 0 aliphatic heterocycles. The zero-order valence-electron chi connectivity index (χ0n) is 8.43. The number of rotatable bonds is 0. The van der Waals surface area contributed by atoms with E-state index in [0.29, 0.717) is 10.2 Å². The first-order valence-corrected chi connectivity index (χ1v) is 5.51. The molecule has 2 nitrogen and oxygen atoms in total. The normalized spacial score (nSPS) is 10.5. The second-order valence-electron chi connectivity index (χ2n) is 3.47. The van der Waals surface area contributed by atoms with E-state index < -0.39 is 0 Å². The fraction of sp³-hybridized carbons (Fsp3) is 0. The number of pyridine rings is 2. The molecule has 0 spiro atoms. The van der Waals surface area contributed by atoms with Gasteiger partial charge in [0.1, 0.15) is 5.15 Å². The van der Waals surface area contributed by atoms with Gasteiger partial charge >= 0.3 is 0 Å². The van der Waals surface area contributed by atoms with E-state index in [-0.39, 0.29) is 20.4 Å². The van der Waals surface area contributed by atoms with Crippen LogP contribution in [0.5, 0.6) is 0 Å². The Morgan fingerprint density at radius 2 is 1.88 bits per heavy atom. The SMILES string of the molecule is Clc1cc2ccc3ncccc3c2nc1Cl.[Pd]. The molecule has 88 valence electrons. The third-order valence-electron chi connectivity index (χ3n) is 2.48. The zero-order chi connectivity index (χ0) is 11.1. The number of hydrogen-bond acceptors (Lipinski definition) is 2. The van der Waals surface area contributed by atoms with Crippen molar-refractivity contribution in [3.63, 3.8) is 0 Å². The van der Waals surface area contributed by atoms with Crippen molar-refractivity contribution in [2.45, 2.75) is 0 Å². The minimum Gasteiger partial charge on any atom is -0.256 e. The van der Waals surface area contributed by atoms with Gasteiger partial charge in [0.15, 0.2) is 0 Å². The van der Waals surface area contributed by atoms with Crippen LogP contribution in [0.4, 0.5) is 0 Å². The van der Waals surface area contributed by atoms with Crippen LogP contribution < -0.4 is 0 Å². The third-order valence-corrected chi connectivity index (χ3v) is 3.15. The van der Waals surface area contributed by atoms with Crippen molar-refractivity contribution in [2.24, 2.45) is 0 Å². The van der Waals surface area contributed by atoms with Gasteiger partial charge in [-0.05, 0) is 24.3 Å². The summed E-state index contributed by atoms with van der Waals surface area (Å²) in [6.45, 7) is 0. The van der Waals surface area contributed by atoms with Gasteiger partial charge in [-0.1, -0.05) is 29.3 Å².